The predicted octanol–water partition coefficient (Wildman–Crippen LogP) is 1.33. The Bertz CT molecular complexity index is 356. The van der Waals surface area contributed by atoms with Crippen molar-refractivity contribution in [2.45, 2.75) is 39.2 Å². The molecule has 1 heterocycles. The Morgan fingerprint density at radius 2 is 2.39 bits per heavy atom. The van der Waals surface area contributed by atoms with Gasteiger partial charge in [0.25, 0.3) is 0 Å². The predicted molar refractivity (Wildman–Crippen MR) is 68.3 cm³/mol. The minimum Gasteiger partial charge on any atom is -0.461 e. The molecule has 0 aromatic carbocycles. The molecule has 1 N–H and O–H groups in total. The summed E-state index contributed by atoms with van der Waals surface area (Å²) in [7, 11) is 1.74. The molecule has 5 nitrogen and oxygen atoms in total. The van der Waals surface area contributed by atoms with Crippen molar-refractivity contribution in [3.05, 3.63) is 0 Å². The van der Waals surface area contributed by atoms with Crippen molar-refractivity contribution in [1.29, 1.82) is 0 Å². The normalized spacial score (nSPS) is 34.5. The molecule has 2 rings (SSSR count). The Kier molecular flexibility index (Phi) is 3.90. The number of carbonyl (C=O) groups excluding carboxylic acids is 1. The van der Waals surface area contributed by atoms with Crippen molar-refractivity contribution in [1.82, 2.24) is 5.43 Å². The molecule has 5 heteroatoms. The molecule has 0 saturated heterocycles. The van der Waals surface area contributed by atoms with Gasteiger partial charge in [0.2, 0.25) is 0 Å². The minimum absolute atomic E-state index is 0.183. The van der Waals surface area contributed by atoms with Crippen LogP contribution in [0, 0.1) is 11.3 Å². The van der Waals surface area contributed by atoms with E-state index in [9.17, 15) is 4.79 Å². The molecule has 3 atom stereocenters. The summed E-state index contributed by atoms with van der Waals surface area (Å²) >= 11 is 0. The van der Waals surface area contributed by atoms with Gasteiger partial charge in [0.15, 0.2) is 5.71 Å². The number of methoxy groups -OCH3 is 1. The number of ether oxygens (including phenoxy) is 2. The molecule has 2 unspecified atom stereocenters. The van der Waals surface area contributed by atoms with Crippen LogP contribution in [-0.2, 0) is 14.3 Å². The maximum Gasteiger partial charge on any atom is 0.354 e. The van der Waals surface area contributed by atoms with E-state index in [1.54, 1.807) is 7.11 Å². The van der Waals surface area contributed by atoms with Crippen LogP contribution in [0.4, 0.5) is 0 Å². The molecule has 1 aliphatic carbocycles. The summed E-state index contributed by atoms with van der Waals surface area (Å²) in [5.74, 6) is -0.0678. The lowest BCUT2D eigenvalue weighted by Crippen LogP contribution is -2.43. The van der Waals surface area contributed by atoms with E-state index in [1.807, 2.05) is 6.92 Å². The molecule has 102 valence electrons. The van der Waals surface area contributed by atoms with Crippen molar-refractivity contribution < 1.29 is 14.3 Å². The van der Waals surface area contributed by atoms with E-state index in [2.05, 4.69) is 17.5 Å². The molecule has 0 spiro atoms. The Balaban J connectivity index is 1.99. The Labute approximate surface area is 108 Å². The highest BCUT2D eigenvalue weighted by Gasteiger charge is 2.44. The second kappa shape index (κ2) is 5.26. The summed E-state index contributed by atoms with van der Waals surface area (Å²) in [4.78, 5) is 11.8. The lowest BCUT2D eigenvalue weighted by molar-refractivity contribution is -0.135. The summed E-state index contributed by atoms with van der Waals surface area (Å²) in [5, 5.41) is 4.18. The molecule has 0 bridgehead atoms. The monoisotopic (exact) mass is 254 g/mol. The Morgan fingerprint density at radius 1 is 1.61 bits per heavy atom. The number of carbonyl (C=O) groups is 1. The molecule has 0 amide bonds. The maximum atomic E-state index is 11.8. The zero-order valence-electron chi connectivity index (χ0n) is 11.4. The van der Waals surface area contributed by atoms with Gasteiger partial charge in [0, 0.05) is 13.0 Å². The van der Waals surface area contributed by atoms with E-state index >= 15 is 0 Å². The molecule has 1 saturated carbocycles. The fourth-order valence-corrected chi connectivity index (χ4v) is 3.06. The van der Waals surface area contributed by atoms with Gasteiger partial charge in [-0.1, -0.05) is 6.92 Å². The lowest BCUT2D eigenvalue weighted by Gasteiger charge is -2.39. The number of nitrogens with zero attached hydrogens (tertiary/aromatic N) is 1. The first-order chi connectivity index (χ1) is 8.59. The van der Waals surface area contributed by atoms with Crippen LogP contribution in [-0.4, -0.2) is 38.0 Å². The van der Waals surface area contributed by atoms with Crippen LogP contribution in [0.25, 0.3) is 0 Å². The number of esters is 1. The molecule has 0 aromatic heterocycles. The SMILES string of the molecule is CCOC(=O)C1=NNC2C[C@@](C)(COC)CCC12. The summed E-state index contributed by atoms with van der Waals surface area (Å²) < 4.78 is 10.3. The summed E-state index contributed by atoms with van der Waals surface area (Å²) in [6.45, 7) is 5.20. The van der Waals surface area contributed by atoms with Crippen LogP contribution < -0.4 is 5.43 Å². The van der Waals surface area contributed by atoms with Gasteiger partial charge in [-0.25, -0.2) is 4.79 Å². The highest BCUT2D eigenvalue weighted by atomic mass is 16.5. The third-order valence-electron chi connectivity index (χ3n) is 3.94. The van der Waals surface area contributed by atoms with Crippen LogP contribution in [0.15, 0.2) is 5.10 Å². The highest BCUT2D eigenvalue weighted by molar-refractivity contribution is 6.37. The van der Waals surface area contributed by atoms with E-state index in [-0.39, 0.29) is 23.3 Å². The van der Waals surface area contributed by atoms with Crippen LogP contribution in [0.5, 0.6) is 0 Å². The molecule has 2 aliphatic rings. The number of nitrogens with one attached hydrogen (secondary N) is 1. The quantitative estimate of drug-likeness (QED) is 0.769. The summed E-state index contributed by atoms with van der Waals surface area (Å²) in [6.07, 6.45) is 3.01. The van der Waals surface area contributed by atoms with Gasteiger partial charge in [-0.15, -0.1) is 0 Å². The van der Waals surface area contributed by atoms with Crippen molar-refractivity contribution >= 4 is 11.7 Å². The van der Waals surface area contributed by atoms with Gasteiger partial charge >= 0.3 is 5.97 Å². The number of rotatable bonds is 4. The molecule has 0 radical (unpaired) electrons. The standard InChI is InChI=1S/C13H22N2O3/c1-4-18-12(16)11-9-5-6-13(2,8-17-3)7-10(9)14-15-11/h9-10,14H,4-8H2,1-3H3/t9?,10?,13-/m0/s1. The maximum absolute atomic E-state index is 11.8. The first-order valence-electron chi connectivity index (χ1n) is 6.59. The van der Waals surface area contributed by atoms with E-state index in [4.69, 9.17) is 9.47 Å². The average molecular weight is 254 g/mol. The van der Waals surface area contributed by atoms with E-state index in [0.717, 1.165) is 25.9 Å². The number of fused-ring (bicyclic) bond motifs is 1. The van der Waals surface area contributed by atoms with Crippen molar-refractivity contribution in [2.24, 2.45) is 16.4 Å². The zero-order valence-corrected chi connectivity index (χ0v) is 11.4. The summed E-state index contributed by atoms with van der Waals surface area (Å²) in [5.41, 5.74) is 3.85. The van der Waals surface area contributed by atoms with Gasteiger partial charge in [0.05, 0.1) is 19.3 Å². The fraction of sp³-hybridized carbons (Fsp3) is 0.846. The molecule has 0 aromatic rings. The van der Waals surface area contributed by atoms with E-state index in [1.165, 1.54) is 0 Å². The molecule has 18 heavy (non-hydrogen) atoms. The third kappa shape index (κ3) is 2.51. The van der Waals surface area contributed by atoms with Gasteiger partial charge < -0.3 is 14.9 Å². The molecular weight excluding hydrogens is 232 g/mol. The van der Waals surface area contributed by atoms with Crippen molar-refractivity contribution in [3.8, 4) is 0 Å². The number of hydrogen-bond acceptors (Lipinski definition) is 5. The average Bonchev–Trinajstić information content (AvgIpc) is 2.71. The second-order valence-electron chi connectivity index (χ2n) is 5.55. The smallest absolute Gasteiger partial charge is 0.354 e. The van der Waals surface area contributed by atoms with Crippen LogP contribution in [0.1, 0.15) is 33.1 Å². The van der Waals surface area contributed by atoms with Crippen molar-refractivity contribution in [2.75, 3.05) is 20.3 Å². The minimum atomic E-state index is -0.271. The summed E-state index contributed by atoms with van der Waals surface area (Å²) in [6, 6.07) is 0.248. The number of hydrogen-bond donors (Lipinski definition) is 1. The number of hydrazone groups is 1. The Hall–Kier alpha value is -1.10. The lowest BCUT2D eigenvalue weighted by atomic mass is 9.69. The van der Waals surface area contributed by atoms with Crippen molar-refractivity contribution in [3.63, 3.8) is 0 Å². The van der Waals surface area contributed by atoms with Gasteiger partial charge in [-0.2, -0.15) is 5.10 Å². The van der Waals surface area contributed by atoms with Gasteiger partial charge in [0.1, 0.15) is 0 Å². The largest absolute Gasteiger partial charge is 0.461 e. The van der Waals surface area contributed by atoms with Gasteiger partial charge in [-0.05, 0) is 31.6 Å². The zero-order chi connectivity index (χ0) is 13.2. The van der Waals surface area contributed by atoms with E-state index < -0.39 is 0 Å². The second-order valence-corrected chi connectivity index (χ2v) is 5.55. The van der Waals surface area contributed by atoms with Gasteiger partial charge in [-0.3, -0.25) is 0 Å². The topological polar surface area (TPSA) is 59.9 Å². The molecular formula is C13H22N2O3. The third-order valence-corrected chi connectivity index (χ3v) is 3.94. The van der Waals surface area contributed by atoms with Crippen LogP contribution in [0.3, 0.4) is 0 Å². The molecule has 1 aliphatic heterocycles. The van der Waals surface area contributed by atoms with Crippen LogP contribution >= 0.6 is 0 Å². The Morgan fingerprint density at radius 3 is 3.06 bits per heavy atom. The first kappa shape index (κ1) is 13.3. The fourth-order valence-electron chi connectivity index (χ4n) is 3.06. The van der Waals surface area contributed by atoms with Crippen LogP contribution in [0.2, 0.25) is 0 Å². The first-order valence-corrected chi connectivity index (χ1v) is 6.59. The van der Waals surface area contributed by atoms with E-state index in [0.29, 0.717) is 12.3 Å². The molecule has 1 fully saturated rings. The highest BCUT2D eigenvalue weighted by Crippen LogP contribution is 2.41.